The first kappa shape index (κ1) is 16.5. The molecule has 3 aromatic heterocycles. The first-order chi connectivity index (χ1) is 12.5. The smallest absolute Gasteiger partial charge is 0.160 e. The zero-order chi connectivity index (χ0) is 18.3. The molecular formula is C19H21FN6. The number of H-pyrrole nitrogens is 1. The van der Waals surface area contributed by atoms with Crippen molar-refractivity contribution in [1.29, 1.82) is 0 Å². The number of nitrogens with zero attached hydrogens (tertiary/aromatic N) is 4. The fraction of sp³-hybridized carbons (Fsp3) is 0.316. The maximum absolute atomic E-state index is 13.3. The van der Waals surface area contributed by atoms with Crippen LogP contribution < -0.4 is 5.32 Å². The van der Waals surface area contributed by atoms with E-state index in [0.29, 0.717) is 13.0 Å². The van der Waals surface area contributed by atoms with Crippen LogP contribution in [0.4, 0.5) is 10.2 Å². The summed E-state index contributed by atoms with van der Waals surface area (Å²) in [6, 6.07) is 6.61. The SMILES string of the molecule is CCc1cc(NCCc2nc3ccc(F)cc3[nH]2)n2nc(C)c(C)c2n1. The molecule has 0 amide bonds. The van der Waals surface area contributed by atoms with Crippen LogP contribution in [0.2, 0.25) is 0 Å². The highest BCUT2D eigenvalue weighted by Crippen LogP contribution is 2.19. The molecule has 0 atom stereocenters. The number of hydrogen-bond acceptors (Lipinski definition) is 4. The maximum Gasteiger partial charge on any atom is 0.160 e. The minimum absolute atomic E-state index is 0.262. The van der Waals surface area contributed by atoms with E-state index in [-0.39, 0.29) is 5.82 Å². The van der Waals surface area contributed by atoms with E-state index in [9.17, 15) is 4.39 Å². The van der Waals surface area contributed by atoms with Gasteiger partial charge in [0.15, 0.2) is 5.65 Å². The number of anilines is 1. The zero-order valence-corrected chi connectivity index (χ0v) is 15.1. The van der Waals surface area contributed by atoms with Crippen molar-refractivity contribution >= 4 is 22.5 Å². The van der Waals surface area contributed by atoms with E-state index in [4.69, 9.17) is 0 Å². The van der Waals surface area contributed by atoms with E-state index in [0.717, 1.165) is 51.7 Å². The largest absolute Gasteiger partial charge is 0.369 e. The number of aryl methyl sites for hydroxylation is 3. The molecule has 26 heavy (non-hydrogen) atoms. The van der Waals surface area contributed by atoms with E-state index in [1.807, 2.05) is 24.4 Å². The number of aromatic nitrogens is 5. The molecule has 0 saturated heterocycles. The topological polar surface area (TPSA) is 70.9 Å². The quantitative estimate of drug-likeness (QED) is 0.576. The molecule has 0 saturated carbocycles. The highest BCUT2D eigenvalue weighted by Gasteiger charge is 2.12. The average molecular weight is 352 g/mol. The summed E-state index contributed by atoms with van der Waals surface area (Å²) in [5.41, 5.74) is 5.50. The van der Waals surface area contributed by atoms with Crippen LogP contribution in [0.25, 0.3) is 16.7 Å². The summed E-state index contributed by atoms with van der Waals surface area (Å²) >= 11 is 0. The van der Waals surface area contributed by atoms with Gasteiger partial charge in [-0.1, -0.05) is 6.92 Å². The standard InChI is InChI=1S/C19H21FN6/c1-4-14-10-18(26-19(22-14)11(2)12(3)25-26)21-8-7-17-23-15-6-5-13(20)9-16(15)24-17/h5-6,9-10,21H,4,7-8H2,1-3H3,(H,23,24). The Morgan fingerprint density at radius 2 is 2.04 bits per heavy atom. The van der Waals surface area contributed by atoms with Gasteiger partial charge in [0, 0.05) is 30.3 Å². The van der Waals surface area contributed by atoms with Crippen molar-refractivity contribution < 1.29 is 4.39 Å². The Hall–Kier alpha value is -2.96. The Balaban J connectivity index is 1.56. The summed E-state index contributed by atoms with van der Waals surface area (Å²) in [4.78, 5) is 12.4. The van der Waals surface area contributed by atoms with Gasteiger partial charge in [-0.15, -0.1) is 0 Å². The molecule has 0 bridgehead atoms. The molecule has 0 fully saturated rings. The number of hydrogen-bond donors (Lipinski definition) is 2. The van der Waals surface area contributed by atoms with Crippen LogP contribution in [0.3, 0.4) is 0 Å². The Morgan fingerprint density at radius 1 is 1.19 bits per heavy atom. The molecule has 0 unspecified atom stereocenters. The minimum Gasteiger partial charge on any atom is -0.369 e. The fourth-order valence-corrected chi connectivity index (χ4v) is 3.05. The van der Waals surface area contributed by atoms with Crippen LogP contribution in [0, 0.1) is 19.7 Å². The number of rotatable bonds is 5. The number of fused-ring (bicyclic) bond motifs is 2. The van der Waals surface area contributed by atoms with E-state index in [1.165, 1.54) is 12.1 Å². The molecule has 0 aliphatic heterocycles. The molecular weight excluding hydrogens is 331 g/mol. The van der Waals surface area contributed by atoms with Crippen LogP contribution in [-0.2, 0) is 12.8 Å². The van der Waals surface area contributed by atoms with E-state index in [2.05, 4.69) is 32.3 Å². The summed E-state index contributed by atoms with van der Waals surface area (Å²) in [7, 11) is 0. The molecule has 2 N–H and O–H groups in total. The number of imidazole rings is 1. The third-order valence-corrected chi connectivity index (χ3v) is 4.63. The number of aromatic amines is 1. The summed E-state index contributed by atoms with van der Waals surface area (Å²) < 4.78 is 15.2. The van der Waals surface area contributed by atoms with Crippen LogP contribution in [-0.4, -0.2) is 31.1 Å². The van der Waals surface area contributed by atoms with Crippen molar-refractivity contribution in [3.05, 3.63) is 52.9 Å². The van der Waals surface area contributed by atoms with Crippen molar-refractivity contribution in [3.63, 3.8) is 0 Å². The van der Waals surface area contributed by atoms with Crippen molar-refractivity contribution in [2.24, 2.45) is 0 Å². The van der Waals surface area contributed by atoms with Crippen molar-refractivity contribution in [2.45, 2.75) is 33.6 Å². The predicted molar refractivity (Wildman–Crippen MR) is 100 cm³/mol. The first-order valence-electron chi connectivity index (χ1n) is 8.79. The Morgan fingerprint density at radius 3 is 2.85 bits per heavy atom. The third-order valence-electron chi connectivity index (χ3n) is 4.63. The van der Waals surface area contributed by atoms with Gasteiger partial charge in [-0.25, -0.2) is 14.4 Å². The second-order valence-electron chi connectivity index (χ2n) is 6.45. The van der Waals surface area contributed by atoms with E-state index >= 15 is 0 Å². The fourth-order valence-electron chi connectivity index (χ4n) is 3.05. The second-order valence-corrected chi connectivity index (χ2v) is 6.45. The second kappa shape index (κ2) is 6.40. The van der Waals surface area contributed by atoms with Crippen molar-refractivity contribution in [2.75, 3.05) is 11.9 Å². The Kier molecular flexibility index (Phi) is 4.06. The van der Waals surface area contributed by atoms with Gasteiger partial charge in [-0.05, 0) is 38.5 Å². The van der Waals surface area contributed by atoms with Gasteiger partial charge in [0.2, 0.25) is 0 Å². The van der Waals surface area contributed by atoms with Gasteiger partial charge in [0.25, 0.3) is 0 Å². The summed E-state index contributed by atoms with van der Waals surface area (Å²) in [6.45, 7) is 6.81. The van der Waals surface area contributed by atoms with Gasteiger partial charge in [-0.3, -0.25) is 0 Å². The molecule has 1 aromatic carbocycles. The molecule has 0 spiro atoms. The normalized spacial score (nSPS) is 11.5. The Labute approximate surface area is 150 Å². The lowest BCUT2D eigenvalue weighted by molar-refractivity contribution is 0.629. The molecule has 7 heteroatoms. The molecule has 134 valence electrons. The van der Waals surface area contributed by atoms with Crippen LogP contribution in [0.5, 0.6) is 0 Å². The predicted octanol–water partition coefficient (Wildman–Crippen LogP) is 3.58. The van der Waals surface area contributed by atoms with Crippen LogP contribution in [0.15, 0.2) is 24.3 Å². The summed E-state index contributed by atoms with van der Waals surface area (Å²) in [5, 5.41) is 8.02. The monoisotopic (exact) mass is 352 g/mol. The van der Waals surface area contributed by atoms with Gasteiger partial charge >= 0.3 is 0 Å². The summed E-state index contributed by atoms with van der Waals surface area (Å²) in [5.74, 6) is 1.48. The lowest BCUT2D eigenvalue weighted by atomic mass is 10.2. The lowest BCUT2D eigenvalue weighted by Gasteiger charge is -2.09. The van der Waals surface area contributed by atoms with Crippen molar-refractivity contribution in [1.82, 2.24) is 24.6 Å². The van der Waals surface area contributed by atoms with Gasteiger partial charge in [0.05, 0.1) is 16.7 Å². The molecule has 0 aliphatic rings. The maximum atomic E-state index is 13.3. The third kappa shape index (κ3) is 2.89. The van der Waals surface area contributed by atoms with Crippen LogP contribution in [0.1, 0.15) is 29.7 Å². The average Bonchev–Trinajstić information content (AvgIpc) is 3.15. The zero-order valence-electron chi connectivity index (χ0n) is 15.1. The molecule has 6 nitrogen and oxygen atoms in total. The Bertz CT molecular complexity index is 1090. The number of halogens is 1. The van der Waals surface area contributed by atoms with Crippen molar-refractivity contribution in [3.8, 4) is 0 Å². The molecule has 0 aliphatic carbocycles. The summed E-state index contributed by atoms with van der Waals surface area (Å²) in [6.07, 6.45) is 1.56. The highest BCUT2D eigenvalue weighted by molar-refractivity contribution is 5.74. The molecule has 4 rings (SSSR count). The van der Waals surface area contributed by atoms with Gasteiger partial charge in [0.1, 0.15) is 17.5 Å². The molecule has 0 radical (unpaired) electrons. The van der Waals surface area contributed by atoms with Gasteiger partial charge < -0.3 is 10.3 Å². The lowest BCUT2D eigenvalue weighted by Crippen LogP contribution is -2.11. The van der Waals surface area contributed by atoms with Crippen LogP contribution >= 0.6 is 0 Å². The first-order valence-corrected chi connectivity index (χ1v) is 8.79. The minimum atomic E-state index is -0.262. The number of benzene rings is 1. The molecule has 3 heterocycles. The van der Waals surface area contributed by atoms with Gasteiger partial charge in [-0.2, -0.15) is 9.61 Å². The van der Waals surface area contributed by atoms with E-state index < -0.39 is 0 Å². The van der Waals surface area contributed by atoms with E-state index in [1.54, 1.807) is 6.07 Å². The number of nitrogens with one attached hydrogen (secondary N) is 2. The molecule has 4 aromatic rings. The highest BCUT2D eigenvalue weighted by atomic mass is 19.1.